The topological polar surface area (TPSA) is 17.1 Å². The zero-order valence-corrected chi connectivity index (χ0v) is 10.7. The summed E-state index contributed by atoms with van der Waals surface area (Å²) in [6, 6.07) is 10.2. The molecular formula is C14H14OSe. The Morgan fingerprint density at radius 1 is 1.12 bits per heavy atom. The Morgan fingerprint density at radius 2 is 1.94 bits per heavy atom. The first-order chi connectivity index (χ1) is 7.83. The quantitative estimate of drug-likeness (QED) is 0.608. The van der Waals surface area contributed by atoms with Gasteiger partial charge in [-0.25, -0.2) is 0 Å². The second kappa shape index (κ2) is 4.20. The Labute approximate surface area is 102 Å². The molecule has 2 heteroatoms. The minimum absolute atomic E-state index is 0.0181. The van der Waals surface area contributed by atoms with Gasteiger partial charge in [0.1, 0.15) is 0 Å². The second-order valence-corrected chi connectivity index (χ2v) is 6.88. The third-order valence-electron chi connectivity index (χ3n) is 3.54. The molecule has 2 aliphatic rings. The van der Waals surface area contributed by atoms with Crippen LogP contribution < -0.4 is 4.46 Å². The monoisotopic (exact) mass is 278 g/mol. The van der Waals surface area contributed by atoms with Gasteiger partial charge in [-0.2, -0.15) is 0 Å². The summed E-state index contributed by atoms with van der Waals surface area (Å²) in [5, 5.41) is 0. The zero-order valence-electron chi connectivity index (χ0n) is 9.00. The summed E-state index contributed by atoms with van der Waals surface area (Å²) in [6.45, 7) is 0. The molecular weight excluding hydrogens is 263 g/mol. The molecule has 2 bridgehead atoms. The first-order valence-corrected chi connectivity index (χ1v) is 7.49. The molecule has 1 saturated carbocycles. The van der Waals surface area contributed by atoms with Crippen LogP contribution in [0, 0.1) is 17.8 Å². The van der Waals surface area contributed by atoms with Crippen LogP contribution in [0.1, 0.15) is 12.8 Å². The van der Waals surface area contributed by atoms with Gasteiger partial charge in [0.15, 0.2) is 0 Å². The molecule has 2 aliphatic carbocycles. The number of benzene rings is 1. The van der Waals surface area contributed by atoms with E-state index in [1.165, 1.54) is 10.9 Å². The molecule has 0 heterocycles. The van der Waals surface area contributed by atoms with Crippen molar-refractivity contribution in [1.82, 2.24) is 0 Å². The molecule has 1 nitrogen and oxygen atoms in total. The van der Waals surface area contributed by atoms with Crippen molar-refractivity contribution in [3.8, 4) is 0 Å². The molecule has 0 amide bonds. The molecule has 1 aromatic rings. The van der Waals surface area contributed by atoms with E-state index < -0.39 is 0 Å². The Kier molecular flexibility index (Phi) is 2.70. The summed E-state index contributed by atoms with van der Waals surface area (Å²) >= 11 is 0.0181. The SMILES string of the molecule is O=C([Se]c1ccccc1)C1CC2C=CC1C2. The van der Waals surface area contributed by atoms with Crippen molar-refractivity contribution >= 4 is 24.1 Å². The van der Waals surface area contributed by atoms with E-state index >= 15 is 0 Å². The summed E-state index contributed by atoms with van der Waals surface area (Å²) in [5.74, 6) is 1.59. The molecule has 0 radical (unpaired) electrons. The van der Waals surface area contributed by atoms with E-state index in [0.717, 1.165) is 6.42 Å². The fourth-order valence-corrected chi connectivity index (χ4v) is 4.72. The van der Waals surface area contributed by atoms with Crippen LogP contribution >= 0.6 is 0 Å². The van der Waals surface area contributed by atoms with Crippen LogP contribution in [0.15, 0.2) is 42.5 Å². The average molecular weight is 277 g/mol. The van der Waals surface area contributed by atoms with Gasteiger partial charge >= 0.3 is 102 Å². The summed E-state index contributed by atoms with van der Waals surface area (Å²) in [7, 11) is 0. The number of fused-ring (bicyclic) bond motifs is 2. The van der Waals surface area contributed by atoms with E-state index in [2.05, 4.69) is 24.3 Å². The number of allylic oxidation sites excluding steroid dienone is 2. The van der Waals surface area contributed by atoms with Crippen LogP contribution in [0.3, 0.4) is 0 Å². The molecule has 1 aromatic carbocycles. The molecule has 82 valence electrons. The van der Waals surface area contributed by atoms with Crippen LogP contribution in [-0.4, -0.2) is 19.6 Å². The van der Waals surface area contributed by atoms with Crippen molar-refractivity contribution in [3.05, 3.63) is 42.5 Å². The fourth-order valence-electron chi connectivity index (χ4n) is 2.73. The molecule has 3 unspecified atom stereocenters. The average Bonchev–Trinajstić information content (AvgIpc) is 2.92. The molecule has 1 fully saturated rings. The molecule has 0 aliphatic heterocycles. The van der Waals surface area contributed by atoms with Gasteiger partial charge in [0.25, 0.3) is 0 Å². The maximum atomic E-state index is 12.2. The van der Waals surface area contributed by atoms with E-state index in [0.29, 0.717) is 22.4 Å². The number of rotatable bonds is 3. The van der Waals surface area contributed by atoms with E-state index in [9.17, 15) is 4.79 Å². The first-order valence-electron chi connectivity index (χ1n) is 5.78. The van der Waals surface area contributed by atoms with Gasteiger partial charge in [0.2, 0.25) is 0 Å². The van der Waals surface area contributed by atoms with Gasteiger partial charge in [-0.15, -0.1) is 0 Å². The van der Waals surface area contributed by atoms with Crippen molar-refractivity contribution in [2.45, 2.75) is 12.8 Å². The van der Waals surface area contributed by atoms with Crippen molar-refractivity contribution in [2.24, 2.45) is 17.8 Å². The standard InChI is InChI=1S/C14H14OSe/c15-14(16-12-4-2-1-3-5-12)13-9-10-6-7-11(13)8-10/h1-7,10-11,13H,8-9H2. The van der Waals surface area contributed by atoms with E-state index in [4.69, 9.17) is 0 Å². The molecule has 16 heavy (non-hydrogen) atoms. The van der Waals surface area contributed by atoms with Crippen LogP contribution in [0.5, 0.6) is 0 Å². The Morgan fingerprint density at radius 3 is 2.56 bits per heavy atom. The number of carbonyl (C=O) groups excluding carboxylic acids is 1. The third-order valence-corrected chi connectivity index (χ3v) is 5.67. The van der Waals surface area contributed by atoms with Gasteiger partial charge in [0.05, 0.1) is 0 Å². The Bertz CT molecular complexity index is 424. The summed E-state index contributed by atoms with van der Waals surface area (Å²) in [6.07, 6.45) is 6.89. The summed E-state index contributed by atoms with van der Waals surface area (Å²) < 4.78 is 1.71. The number of hydrogen-bond donors (Lipinski definition) is 0. The van der Waals surface area contributed by atoms with Gasteiger partial charge < -0.3 is 0 Å². The normalized spacial score (nSPS) is 30.9. The molecule has 3 rings (SSSR count). The predicted molar refractivity (Wildman–Crippen MR) is 65.7 cm³/mol. The summed E-state index contributed by atoms with van der Waals surface area (Å²) in [5.41, 5.74) is 0. The van der Waals surface area contributed by atoms with Crippen LogP contribution in [0.4, 0.5) is 0 Å². The van der Waals surface area contributed by atoms with Gasteiger partial charge in [0, 0.05) is 0 Å². The van der Waals surface area contributed by atoms with E-state index in [1.807, 2.05) is 18.2 Å². The molecule has 0 aromatic heterocycles. The molecule has 3 atom stereocenters. The van der Waals surface area contributed by atoms with E-state index in [-0.39, 0.29) is 15.0 Å². The van der Waals surface area contributed by atoms with Crippen molar-refractivity contribution < 1.29 is 4.79 Å². The number of carbonyl (C=O) groups is 1. The van der Waals surface area contributed by atoms with Crippen molar-refractivity contribution in [3.63, 3.8) is 0 Å². The Balaban J connectivity index is 1.69. The maximum absolute atomic E-state index is 12.2. The van der Waals surface area contributed by atoms with Gasteiger partial charge in [-0.3, -0.25) is 0 Å². The molecule has 0 saturated heterocycles. The minimum atomic E-state index is 0.0181. The molecule has 0 N–H and O–H groups in total. The first kappa shape index (κ1) is 10.3. The Hall–Kier alpha value is -0.851. The van der Waals surface area contributed by atoms with Crippen molar-refractivity contribution in [1.29, 1.82) is 0 Å². The van der Waals surface area contributed by atoms with Crippen LogP contribution in [0.25, 0.3) is 0 Å². The van der Waals surface area contributed by atoms with E-state index in [1.54, 1.807) is 0 Å². The number of hydrogen-bond acceptors (Lipinski definition) is 1. The zero-order chi connectivity index (χ0) is 11.0. The third kappa shape index (κ3) is 1.88. The van der Waals surface area contributed by atoms with Crippen LogP contribution in [-0.2, 0) is 4.79 Å². The molecule has 0 spiro atoms. The fraction of sp³-hybridized carbons (Fsp3) is 0.357. The summed E-state index contributed by atoms with van der Waals surface area (Å²) in [4.78, 5) is 12.2. The van der Waals surface area contributed by atoms with Gasteiger partial charge in [-0.05, 0) is 0 Å². The van der Waals surface area contributed by atoms with Crippen LogP contribution in [0.2, 0.25) is 0 Å². The second-order valence-electron chi connectivity index (χ2n) is 4.62. The van der Waals surface area contributed by atoms with Gasteiger partial charge in [-0.1, -0.05) is 0 Å². The predicted octanol–water partition coefficient (Wildman–Crippen LogP) is 1.75. The van der Waals surface area contributed by atoms with Crippen molar-refractivity contribution in [2.75, 3.05) is 0 Å².